The van der Waals surface area contributed by atoms with E-state index in [-0.39, 0.29) is 12.5 Å². The maximum Gasteiger partial charge on any atom is 0.245 e. The molecule has 2 rings (SSSR count). The van der Waals surface area contributed by atoms with E-state index in [0.29, 0.717) is 5.13 Å². The van der Waals surface area contributed by atoms with E-state index in [1.54, 1.807) is 6.20 Å². The zero-order valence-electron chi connectivity index (χ0n) is 12.8. The number of ether oxygens (including phenoxy) is 1. The van der Waals surface area contributed by atoms with Gasteiger partial charge >= 0.3 is 0 Å². The Morgan fingerprint density at radius 1 is 1.45 bits per heavy atom. The Morgan fingerprint density at radius 2 is 2.23 bits per heavy atom. The molecule has 0 radical (unpaired) electrons. The highest BCUT2D eigenvalue weighted by Crippen LogP contribution is 2.21. The molecule has 1 unspecified atom stereocenters. The molecule has 3 N–H and O–H groups in total. The van der Waals surface area contributed by atoms with Crippen molar-refractivity contribution in [2.45, 2.75) is 25.8 Å². The summed E-state index contributed by atoms with van der Waals surface area (Å²) in [6.07, 6.45) is 3.63. The third-order valence-corrected chi connectivity index (χ3v) is 4.16. The number of amides is 1. The average molecular weight is 319 g/mol. The highest BCUT2D eigenvalue weighted by molar-refractivity contribution is 7.15. The summed E-state index contributed by atoms with van der Waals surface area (Å²) in [4.78, 5) is 17.1. The average Bonchev–Trinajstić information content (AvgIpc) is 2.94. The van der Waals surface area contributed by atoms with Crippen LogP contribution in [0, 0.1) is 0 Å². The Morgan fingerprint density at radius 3 is 2.95 bits per heavy atom. The zero-order chi connectivity index (χ0) is 15.9. The van der Waals surface area contributed by atoms with E-state index in [2.05, 4.69) is 41.5 Å². The number of hydrogen-bond acceptors (Lipinski definition) is 5. The number of carbonyl (C=O) groups excluding carboxylic acids is 1. The molecule has 0 aliphatic rings. The number of nitrogens with one attached hydrogen (secondary N) is 1. The predicted octanol–water partition coefficient (Wildman–Crippen LogP) is 2.21. The second-order valence-electron chi connectivity index (χ2n) is 5.03. The van der Waals surface area contributed by atoms with Crippen LogP contribution >= 0.6 is 11.3 Å². The van der Waals surface area contributed by atoms with Gasteiger partial charge in [-0.2, -0.15) is 0 Å². The highest BCUT2D eigenvalue weighted by Gasteiger charge is 2.14. The van der Waals surface area contributed by atoms with Gasteiger partial charge in [0.1, 0.15) is 6.04 Å². The third-order valence-electron chi connectivity index (χ3n) is 3.24. The van der Waals surface area contributed by atoms with Gasteiger partial charge in [0.05, 0.1) is 6.61 Å². The molecular weight excluding hydrogens is 298 g/mol. The van der Waals surface area contributed by atoms with Crippen molar-refractivity contribution in [1.29, 1.82) is 0 Å². The molecule has 0 saturated heterocycles. The fourth-order valence-corrected chi connectivity index (χ4v) is 2.91. The third kappa shape index (κ3) is 4.62. The summed E-state index contributed by atoms with van der Waals surface area (Å²) in [6, 6.07) is 7.82. The maximum absolute atomic E-state index is 11.8. The zero-order valence-corrected chi connectivity index (χ0v) is 13.7. The molecule has 1 aromatic heterocycles. The summed E-state index contributed by atoms with van der Waals surface area (Å²) in [5, 5.41) is 3.29. The summed E-state index contributed by atoms with van der Waals surface area (Å²) in [5.74, 6) is -0.282. The maximum atomic E-state index is 11.8. The number of rotatable bonds is 7. The molecule has 0 fully saturated rings. The molecule has 1 heterocycles. The molecule has 0 aliphatic carbocycles. The van der Waals surface area contributed by atoms with Crippen LogP contribution in [-0.4, -0.2) is 30.6 Å². The second-order valence-corrected chi connectivity index (χ2v) is 6.15. The number of nitrogens with zero attached hydrogens (tertiary/aromatic N) is 1. The number of benzene rings is 1. The van der Waals surface area contributed by atoms with E-state index in [9.17, 15) is 4.79 Å². The monoisotopic (exact) mass is 319 g/mol. The van der Waals surface area contributed by atoms with Gasteiger partial charge in [0.2, 0.25) is 5.91 Å². The van der Waals surface area contributed by atoms with Gasteiger partial charge in [0.25, 0.3) is 0 Å². The lowest BCUT2D eigenvalue weighted by Crippen LogP contribution is -2.39. The summed E-state index contributed by atoms with van der Waals surface area (Å²) in [6.45, 7) is 2.33. The molecule has 6 heteroatoms. The van der Waals surface area contributed by atoms with Crippen LogP contribution in [0.4, 0.5) is 5.13 Å². The Hall–Kier alpha value is -1.76. The second kappa shape index (κ2) is 8.03. The standard InChI is InChI=1S/C16H21N3O2S/c1-3-11-5-4-6-12(7-11)8-13-9-18-16(22-13)19-15(20)14(17)10-21-2/h4-7,9,14H,3,8,10,17H2,1-2H3,(H,18,19,20). The molecule has 22 heavy (non-hydrogen) atoms. The Balaban J connectivity index is 1.97. The number of aromatic nitrogens is 1. The van der Waals surface area contributed by atoms with Crippen molar-refractivity contribution >= 4 is 22.4 Å². The van der Waals surface area contributed by atoms with Crippen LogP contribution in [0.1, 0.15) is 22.9 Å². The van der Waals surface area contributed by atoms with Crippen molar-refractivity contribution in [3.63, 3.8) is 0 Å². The summed E-state index contributed by atoms with van der Waals surface area (Å²) in [7, 11) is 1.51. The Labute approximate surface area is 134 Å². The molecule has 118 valence electrons. The van der Waals surface area contributed by atoms with Gasteiger partial charge in [-0.05, 0) is 17.5 Å². The Kier molecular flexibility index (Phi) is 6.06. The topological polar surface area (TPSA) is 77.2 Å². The van der Waals surface area contributed by atoms with Crippen molar-refractivity contribution in [3.8, 4) is 0 Å². The van der Waals surface area contributed by atoms with Gasteiger partial charge in [0, 0.05) is 24.6 Å². The van der Waals surface area contributed by atoms with Gasteiger partial charge in [-0.15, -0.1) is 11.3 Å². The van der Waals surface area contributed by atoms with Crippen LogP contribution in [0.5, 0.6) is 0 Å². The van der Waals surface area contributed by atoms with Crippen LogP contribution in [0.3, 0.4) is 0 Å². The first-order valence-electron chi connectivity index (χ1n) is 7.20. The molecule has 1 aromatic carbocycles. The fraction of sp³-hybridized carbons (Fsp3) is 0.375. The van der Waals surface area contributed by atoms with E-state index in [0.717, 1.165) is 17.7 Å². The quantitative estimate of drug-likeness (QED) is 0.820. The largest absolute Gasteiger partial charge is 0.383 e. The van der Waals surface area contributed by atoms with Crippen LogP contribution < -0.4 is 11.1 Å². The van der Waals surface area contributed by atoms with Crippen molar-refractivity contribution < 1.29 is 9.53 Å². The van der Waals surface area contributed by atoms with Gasteiger partial charge < -0.3 is 15.8 Å². The molecular formula is C16H21N3O2S. The lowest BCUT2D eigenvalue weighted by molar-refractivity contribution is -0.118. The first-order valence-corrected chi connectivity index (χ1v) is 8.02. The summed E-state index contributed by atoms with van der Waals surface area (Å²) in [5.41, 5.74) is 8.25. The molecule has 0 spiro atoms. The highest BCUT2D eigenvalue weighted by atomic mass is 32.1. The first-order chi connectivity index (χ1) is 10.6. The minimum atomic E-state index is -0.682. The van der Waals surface area contributed by atoms with Crippen molar-refractivity contribution in [2.75, 3.05) is 19.0 Å². The number of aryl methyl sites for hydroxylation is 1. The van der Waals surface area contributed by atoms with Crippen LogP contribution in [0.15, 0.2) is 30.5 Å². The van der Waals surface area contributed by atoms with Crippen molar-refractivity contribution in [2.24, 2.45) is 5.73 Å². The van der Waals surface area contributed by atoms with E-state index >= 15 is 0 Å². The van der Waals surface area contributed by atoms with Gasteiger partial charge in [-0.1, -0.05) is 31.2 Å². The number of thiazole rings is 1. The van der Waals surface area contributed by atoms with Crippen molar-refractivity contribution in [3.05, 3.63) is 46.5 Å². The number of hydrogen-bond donors (Lipinski definition) is 2. The summed E-state index contributed by atoms with van der Waals surface area (Å²) >= 11 is 1.47. The van der Waals surface area contributed by atoms with Gasteiger partial charge in [0.15, 0.2) is 5.13 Å². The normalized spacial score (nSPS) is 12.1. The van der Waals surface area contributed by atoms with E-state index in [1.807, 2.05) is 0 Å². The van der Waals surface area contributed by atoms with Crippen LogP contribution in [-0.2, 0) is 22.4 Å². The Bertz CT molecular complexity index is 627. The molecule has 1 atom stereocenters. The first kappa shape index (κ1) is 16.6. The van der Waals surface area contributed by atoms with Crippen LogP contribution in [0.25, 0.3) is 0 Å². The van der Waals surface area contributed by atoms with Gasteiger partial charge in [-0.3, -0.25) is 4.79 Å². The van der Waals surface area contributed by atoms with E-state index < -0.39 is 6.04 Å². The molecule has 5 nitrogen and oxygen atoms in total. The minimum Gasteiger partial charge on any atom is -0.383 e. The number of methoxy groups -OCH3 is 1. The SMILES string of the molecule is CCc1cccc(Cc2cnc(NC(=O)C(N)COC)s2)c1. The smallest absolute Gasteiger partial charge is 0.245 e. The lowest BCUT2D eigenvalue weighted by Gasteiger charge is -2.08. The van der Waals surface area contributed by atoms with E-state index in [4.69, 9.17) is 10.5 Å². The molecule has 0 saturated carbocycles. The molecule has 0 bridgehead atoms. The summed E-state index contributed by atoms with van der Waals surface area (Å²) < 4.78 is 4.87. The molecule has 1 amide bonds. The van der Waals surface area contributed by atoms with E-state index in [1.165, 1.54) is 29.6 Å². The molecule has 2 aromatic rings. The van der Waals surface area contributed by atoms with Crippen molar-refractivity contribution in [1.82, 2.24) is 4.98 Å². The minimum absolute atomic E-state index is 0.188. The predicted molar refractivity (Wildman–Crippen MR) is 89.2 cm³/mol. The number of anilines is 1. The number of carbonyl (C=O) groups is 1. The molecule has 0 aliphatic heterocycles. The van der Waals surface area contributed by atoms with Crippen LogP contribution in [0.2, 0.25) is 0 Å². The number of nitrogens with two attached hydrogens (primary N) is 1. The van der Waals surface area contributed by atoms with Gasteiger partial charge in [-0.25, -0.2) is 4.98 Å². The lowest BCUT2D eigenvalue weighted by atomic mass is 10.1. The fourth-order valence-electron chi connectivity index (χ4n) is 2.06.